The van der Waals surface area contributed by atoms with Crippen molar-refractivity contribution in [2.75, 3.05) is 9.62 Å². The summed E-state index contributed by atoms with van der Waals surface area (Å²) in [5.41, 5.74) is 1.79. The molecule has 2 aromatic rings. The van der Waals surface area contributed by atoms with Crippen molar-refractivity contribution < 1.29 is 17.6 Å². The first-order chi connectivity index (χ1) is 12.8. The van der Waals surface area contributed by atoms with Crippen LogP contribution in [0.2, 0.25) is 5.02 Å². The quantitative estimate of drug-likeness (QED) is 0.832. The van der Waals surface area contributed by atoms with Gasteiger partial charge in [0.2, 0.25) is 5.91 Å². The fraction of sp³-hybridized carbons (Fsp3) is 0.316. The second-order valence-electron chi connectivity index (χ2n) is 7.06. The first-order valence-electron chi connectivity index (χ1n) is 8.70. The van der Waals surface area contributed by atoms with Crippen LogP contribution in [0.25, 0.3) is 0 Å². The maximum absolute atomic E-state index is 13.3. The molecule has 1 fully saturated rings. The Morgan fingerprint density at radius 2 is 1.96 bits per heavy atom. The minimum Gasteiger partial charge on any atom is -0.309 e. The van der Waals surface area contributed by atoms with Gasteiger partial charge in [-0.05, 0) is 68.1 Å². The lowest BCUT2D eigenvalue weighted by atomic mass is 10.1. The second-order valence-corrected chi connectivity index (χ2v) is 9.15. The highest BCUT2D eigenvalue weighted by Crippen LogP contribution is 2.39. The molecule has 1 heterocycles. The molecule has 8 heteroatoms. The van der Waals surface area contributed by atoms with E-state index in [4.69, 9.17) is 11.6 Å². The third kappa shape index (κ3) is 3.41. The number of amides is 1. The molecule has 1 saturated carbocycles. The van der Waals surface area contributed by atoms with Gasteiger partial charge < -0.3 is 4.90 Å². The topological polar surface area (TPSA) is 66.5 Å². The SMILES string of the molecule is C[C@H]1Cc2cc(S(=O)(=O)Nc3ccc(F)c(Cl)c3)ccc2N1C(=O)C1CC1. The Hall–Kier alpha value is -2.12. The molecule has 0 radical (unpaired) electrons. The third-order valence-corrected chi connectivity index (χ3v) is 6.58. The van der Waals surface area contributed by atoms with E-state index in [2.05, 4.69) is 4.72 Å². The molecule has 1 aliphatic carbocycles. The van der Waals surface area contributed by atoms with Crippen LogP contribution >= 0.6 is 11.6 Å². The summed E-state index contributed by atoms with van der Waals surface area (Å²) in [4.78, 5) is 14.4. The van der Waals surface area contributed by atoms with Crippen LogP contribution in [0, 0.1) is 11.7 Å². The molecule has 0 spiro atoms. The zero-order chi connectivity index (χ0) is 19.3. The number of nitrogens with zero attached hydrogens (tertiary/aromatic N) is 1. The van der Waals surface area contributed by atoms with Gasteiger partial charge in [0.1, 0.15) is 5.82 Å². The van der Waals surface area contributed by atoms with Crippen molar-refractivity contribution in [1.29, 1.82) is 0 Å². The summed E-state index contributed by atoms with van der Waals surface area (Å²) >= 11 is 5.71. The van der Waals surface area contributed by atoms with Crippen molar-refractivity contribution in [3.8, 4) is 0 Å². The van der Waals surface area contributed by atoms with Crippen LogP contribution < -0.4 is 9.62 Å². The monoisotopic (exact) mass is 408 g/mol. The Morgan fingerprint density at radius 3 is 2.63 bits per heavy atom. The van der Waals surface area contributed by atoms with Gasteiger partial charge in [-0.3, -0.25) is 9.52 Å². The minimum atomic E-state index is -3.86. The van der Waals surface area contributed by atoms with E-state index >= 15 is 0 Å². The molecule has 1 aliphatic heterocycles. The Labute approximate surface area is 162 Å². The van der Waals surface area contributed by atoms with Gasteiger partial charge in [-0.1, -0.05) is 11.6 Å². The number of hydrogen-bond donors (Lipinski definition) is 1. The average Bonchev–Trinajstić information content (AvgIpc) is 3.39. The van der Waals surface area contributed by atoms with Crippen LogP contribution in [0.4, 0.5) is 15.8 Å². The number of nitrogens with one attached hydrogen (secondary N) is 1. The molecule has 2 aliphatic rings. The lowest BCUT2D eigenvalue weighted by Gasteiger charge is -2.22. The van der Waals surface area contributed by atoms with E-state index in [-0.39, 0.29) is 33.5 Å². The lowest BCUT2D eigenvalue weighted by molar-refractivity contribution is -0.120. The van der Waals surface area contributed by atoms with E-state index in [0.717, 1.165) is 30.2 Å². The minimum absolute atomic E-state index is 0.00918. The summed E-state index contributed by atoms with van der Waals surface area (Å²) in [7, 11) is -3.86. The van der Waals surface area contributed by atoms with Crippen LogP contribution in [0.15, 0.2) is 41.3 Å². The number of sulfonamides is 1. The van der Waals surface area contributed by atoms with Crippen molar-refractivity contribution in [1.82, 2.24) is 0 Å². The molecule has 5 nitrogen and oxygen atoms in total. The standard InChI is InChI=1S/C19H18ClFN2O3S/c1-11-8-13-9-15(5-7-18(13)23(11)19(24)12-2-3-12)27(25,26)22-14-4-6-17(21)16(20)10-14/h4-7,9-12,22H,2-3,8H2,1H3/t11-/m0/s1. The van der Waals surface area contributed by atoms with Crippen molar-refractivity contribution in [2.45, 2.75) is 37.1 Å². The molecule has 2 aromatic carbocycles. The lowest BCUT2D eigenvalue weighted by Crippen LogP contribution is -2.36. The van der Waals surface area contributed by atoms with Gasteiger partial charge in [-0.2, -0.15) is 0 Å². The normalized spacial score (nSPS) is 19.1. The molecule has 0 bridgehead atoms. The number of carbonyl (C=O) groups excluding carboxylic acids is 1. The Morgan fingerprint density at radius 1 is 1.22 bits per heavy atom. The van der Waals surface area contributed by atoms with E-state index in [1.807, 2.05) is 6.92 Å². The highest BCUT2D eigenvalue weighted by molar-refractivity contribution is 7.92. The summed E-state index contributed by atoms with van der Waals surface area (Å²) in [6.45, 7) is 1.97. The smallest absolute Gasteiger partial charge is 0.261 e. The molecular weight excluding hydrogens is 391 g/mol. The fourth-order valence-electron chi connectivity index (χ4n) is 3.41. The predicted molar refractivity (Wildman–Crippen MR) is 102 cm³/mol. The average molecular weight is 409 g/mol. The number of fused-ring (bicyclic) bond motifs is 1. The Bertz CT molecular complexity index is 1040. The summed E-state index contributed by atoms with van der Waals surface area (Å²) < 4.78 is 41.0. The third-order valence-electron chi connectivity index (χ3n) is 4.91. The first-order valence-corrected chi connectivity index (χ1v) is 10.6. The molecule has 4 rings (SSSR count). The zero-order valence-electron chi connectivity index (χ0n) is 14.6. The van der Waals surface area contributed by atoms with Gasteiger partial charge in [0.25, 0.3) is 10.0 Å². The molecule has 1 N–H and O–H groups in total. The zero-order valence-corrected chi connectivity index (χ0v) is 16.1. The van der Waals surface area contributed by atoms with Crippen LogP contribution in [-0.4, -0.2) is 20.4 Å². The number of carbonyl (C=O) groups is 1. The van der Waals surface area contributed by atoms with E-state index in [0.29, 0.717) is 6.42 Å². The van der Waals surface area contributed by atoms with Crippen molar-refractivity contribution in [3.63, 3.8) is 0 Å². The van der Waals surface area contributed by atoms with Crippen LogP contribution in [0.3, 0.4) is 0 Å². The van der Waals surface area contributed by atoms with Crippen LogP contribution in [-0.2, 0) is 21.2 Å². The highest BCUT2D eigenvalue weighted by Gasteiger charge is 2.39. The van der Waals surface area contributed by atoms with Crippen molar-refractivity contribution in [3.05, 3.63) is 52.8 Å². The predicted octanol–water partition coefficient (Wildman–Crippen LogP) is 3.97. The number of benzene rings is 2. The van der Waals surface area contributed by atoms with E-state index in [9.17, 15) is 17.6 Å². The van der Waals surface area contributed by atoms with E-state index < -0.39 is 15.8 Å². The largest absolute Gasteiger partial charge is 0.309 e. The summed E-state index contributed by atoms with van der Waals surface area (Å²) in [6, 6.07) is 8.41. The van der Waals surface area contributed by atoms with Crippen molar-refractivity contribution >= 4 is 38.9 Å². The Balaban J connectivity index is 1.62. The van der Waals surface area contributed by atoms with Gasteiger partial charge in [0.05, 0.1) is 15.6 Å². The Kier molecular flexibility index (Phi) is 4.39. The number of rotatable bonds is 4. The molecule has 0 unspecified atom stereocenters. The van der Waals surface area contributed by atoms with Gasteiger partial charge in [-0.25, -0.2) is 12.8 Å². The molecular formula is C19H18ClFN2O3S. The fourth-order valence-corrected chi connectivity index (χ4v) is 4.69. The highest BCUT2D eigenvalue weighted by atomic mass is 35.5. The maximum Gasteiger partial charge on any atom is 0.261 e. The van der Waals surface area contributed by atoms with Gasteiger partial charge in [0.15, 0.2) is 0 Å². The van der Waals surface area contributed by atoms with E-state index in [1.165, 1.54) is 18.2 Å². The van der Waals surface area contributed by atoms with Gasteiger partial charge >= 0.3 is 0 Å². The first kappa shape index (κ1) is 18.3. The number of halogens is 2. The molecule has 0 aromatic heterocycles. The van der Waals surface area contributed by atoms with Gasteiger partial charge in [-0.15, -0.1) is 0 Å². The van der Waals surface area contributed by atoms with Gasteiger partial charge in [0, 0.05) is 17.6 Å². The number of hydrogen-bond acceptors (Lipinski definition) is 3. The molecule has 0 saturated heterocycles. The summed E-state index contributed by atoms with van der Waals surface area (Å²) in [5.74, 6) is -0.394. The molecule has 1 atom stereocenters. The second kappa shape index (κ2) is 6.49. The summed E-state index contributed by atoms with van der Waals surface area (Å²) in [6.07, 6.45) is 2.46. The molecule has 142 valence electrons. The molecule has 27 heavy (non-hydrogen) atoms. The van der Waals surface area contributed by atoms with Crippen LogP contribution in [0.1, 0.15) is 25.3 Å². The number of anilines is 2. The summed E-state index contributed by atoms with van der Waals surface area (Å²) in [5, 5.41) is -0.160. The molecule has 1 amide bonds. The van der Waals surface area contributed by atoms with Crippen LogP contribution in [0.5, 0.6) is 0 Å². The maximum atomic E-state index is 13.3. The van der Waals surface area contributed by atoms with E-state index in [1.54, 1.807) is 17.0 Å². The van der Waals surface area contributed by atoms with Crippen molar-refractivity contribution in [2.24, 2.45) is 5.92 Å².